The number of Topliss-reactive ketones (excluding diaryl/α,β-unsaturated/α-hetero) is 1. The molecule has 0 saturated carbocycles. The number of methoxy groups -OCH3 is 1. The molecule has 7 heteroatoms. The number of carbonyl (C=O) groups is 1. The fourth-order valence-electron chi connectivity index (χ4n) is 3.79. The summed E-state index contributed by atoms with van der Waals surface area (Å²) < 4.78 is 5.59. The van der Waals surface area contributed by atoms with Gasteiger partial charge in [0.15, 0.2) is 11.4 Å². The topological polar surface area (TPSA) is 92.8 Å². The molecule has 0 saturated heterocycles. The van der Waals surface area contributed by atoms with Gasteiger partial charge in [-0.1, -0.05) is 54.6 Å². The molecule has 0 aliphatic heterocycles. The van der Waals surface area contributed by atoms with Gasteiger partial charge >= 0.3 is 0 Å². The van der Waals surface area contributed by atoms with E-state index in [1.165, 1.54) is 6.33 Å². The van der Waals surface area contributed by atoms with Crippen molar-refractivity contribution in [2.45, 2.75) is 6.92 Å². The average molecular weight is 435 g/mol. The molecule has 0 atom stereocenters. The molecular formula is C26H21N5O2. The van der Waals surface area contributed by atoms with Crippen LogP contribution in [0.1, 0.15) is 17.3 Å². The summed E-state index contributed by atoms with van der Waals surface area (Å²) in [7, 11) is 1.63. The van der Waals surface area contributed by atoms with Crippen LogP contribution in [-0.2, 0) is 0 Å². The molecule has 33 heavy (non-hydrogen) atoms. The number of ether oxygens (including phenoxy) is 1. The number of hydrogen-bond acceptors (Lipinski definition) is 6. The Hall–Kier alpha value is -4.52. The van der Waals surface area contributed by atoms with E-state index in [1.54, 1.807) is 20.1 Å². The van der Waals surface area contributed by atoms with Gasteiger partial charge in [0, 0.05) is 11.1 Å². The van der Waals surface area contributed by atoms with E-state index >= 15 is 0 Å². The van der Waals surface area contributed by atoms with Gasteiger partial charge in [0.05, 0.1) is 18.2 Å². The first-order valence-corrected chi connectivity index (χ1v) is 10.4. The molecule has 2 aromatic heterocycles. The molecule has 2 heterocycles. The highest BCUT2D eigenvalue weighted by Gasteiger charge is 2.17. The highest BCUT2D eigenvalue weighted by Crippen LogP contribution is 2.36. The number of anilines is 2. The van der Waals surface area contributed by atoms with Crippen LogP contribution in [0.4, 0.5) is 11.5 Å². The van der Waals surface area contributed by atoms with Crippen molar-refractivity contribution in [2.75, 3.05) is 12.4 Å². The molecule has 5 rings (SSSR count). The van der Waals surface area contributed by atoms with E-state index in [0.29, 0.717) is 28.5 Å². The van der Waals surface area contributed by atoms with E-state index in [1.807, 2.05) is 54.6 Å². The Morgan fingerprint density at radius 1 is 0.909 bits per heavy atom. The summed E-state index contributed by atoms with van der Waals surface area (Å²) in [6.07, 6.45) is 1.48. The van der Waals surface area contributed by atoms with Crippen LogP contribution in [0.25, 0.3) is 33.4 Å². The van der Waals surface area contributed by atoms with E-state index in [9.17, 15) is 4.79 Å². The maximum absolute atomic E-state index is 11.9. The number of hydrogen-bond donors (Lipinski definition) is 2. The summed E-state index contributed by atoms with van der Waals surface area (Å²) in [6, 6.07) is 23.5. The van der Waals surface area contributed by atoms with Gasteiger partial charge in [-0.15, -0.1) is 0 Å². The van der Waals surface area contributed by atoms with Gasteiger partial charge in [-0.2, -0.15) is 5.10 Å². The van der Waals surface area contributed by atoms with Crippen LogP contribution >= 0.6 is 0 Å². The van der Waals surface area contributed by atoms with Crippen molar-refractivity contribution >= 4 is 28.3 Å². The molecular weight excluding hydrogens is 414 g/mol. The Morgan fingerprint density at radius 2 is 1.73 bits per heavy atom. The minimum absolute atomic E-state index is 0.00578. The Bertz CT molecular complexity index is 1460. The van der Waals surface area contributed by atoms with Gasteiger partial charge in [-0.3, -0.25) is 9.89 Å². The second-order valence-corrected chi connectivity index (χ2v) is 7.56. The number of ketones is 1. The minimum Gasteiger partial charge on any atom is -0.495 e. The summed E-state index contributed by atoms with van der Waals surface area (Å²) in [5, 5.41) is 11.6. The Kier molecular flexibility index (Phi) is 5.28. The second-order valence-electron chi connectivity index (χ2n) is 7.56. The van der Waals surface area contributed by atoms with E-state index in [2.05, 4.69) is 37.6 Å². The number of benzene rings is 3. The monoisotopic (exact) mass is 435 g/mol. The van der Waals surface area contributed by atoms with Crippen LogP contribution in [-0.4, -0.2) is 33.1 Å². The zero-order valence-electron chi connectivity index (χ0n) is 18.2. The number of aromatic nitrogens is 4. The maximum atomic E-state index is 11.9. The van der Waals surface area contributed by atoms with Crippen LogP contribution in [0.3, 0.4) is 0 Å². The molecule has 0 unspecified atom stereocenters. The van der Waals surface area contributed by atoms with Crippen LogP contribution in [0, 0.1) is 0 Å². The summed E-state index contributed by atoms with van der Waals surface area (Å²) in [5.41, 5.74) is 5.59. The molecule has 3 aromatic carbocycles. The molecule has 162 valence electrons. The van der Waals surface area contributed by atoms with E-state index in [4.69, 9.17) is 4.74 Å². The smallest absolute Gasteiger partial charge is 0.161 e. The van der Waals surface area contributed by atoms with E-state index in [-0.39, 0.29) is 5.78 Å². The van der Waals surface area contributed by atoms with Crippen molar-refractivity contribution in [3.05, 3.63) is 84.7 Å². The highest BCUT2D eigenvalue weighted by atomic mass is 16.5. The third kappa shape index (κ3) is 3.92. The van der Waals surface area contributed by atoms with Crippen molar-refractivity contribution < 1.29 is 9.53 Å². The number of nitrogens with zero attached hydrogens (tertiary/aromatic N) is 3. The van der Waals surface area contributed by atoms with Crippen molar-refractivity contribution in [3.63, 3.8) is 0 Å². The lowest BCUT2D eigenvalue weighted by Gasteiger charge is -2.13. The number of rotatable bonds is 6. The first-order valence-electron chi connectivity index (χ1n) is 10.4. The molecule has 5 aromatic rings. The van der Waals surface area contributed by atoms with Crippen molar-refractivity contribution in [2.24, 2.45) is 0 Å². The lowest BCUT2D eigenvalue weighted by molar-refractivity contribution is 0.101. The molecule has 0 aliphatic rings. The lowest BCUT2D eigenvalue weighted by atomic mass is 10.0. The fraction of sp³-hybridized carbons (Fsp3) is 0.0769. The summed E-state index contributed by atoms with van der Waals surface area (Å²) in [5.74, 6) is 1.26. The van der Waals surface area contributed by atoms with Crippen LogP contribution < -0.4 is 10.1 Å². The molecule has 0 radical (unpaired) electrons. The number of aromatic amines is 1. The predicted octanol–water partition coefficient (Wildman–Crippen LogP) is 5.64. The molecule has 0 amide bonds. The van der Waals surface area contributed by atoms with Crippen LogP contribution in [0.2, 0.25) is 0 Å². The lowest BCUT2D eigenvalue weighted by Crippen LogP contribution is -1.99. The SMILES string of the molecule is COc1ccc(-c2ccccc2)cc1Nc1ncnc2[nH]nc(-c3cccc(C(C)=O)c3)c12. The second kappa shape index (κ2) is 8.55. The van der Waals surface area contributed by atoms with E-state index < -0.39 is 0 Å². The van der Waals surface area contributed by atoms with Gasteiger partial charge in [-0.05, 0) is 36.2 Å². The zero-order valence-corrected chi connectivity index (χ0v) is 18.2. The van der Waals surface area contributed by atoms with Gasteiger partial charge in [0.2, 0.25) is 0 Å². The average Bonchev–Trinajstić information content (AvgIpc) is 3.30. The van der Waals surface area contributed by atoms with Gasteiger partial charge < -0.3 is 10.1 Å². The fourth-order valence-corrected chi connectivity index (χ4v) is 3.79. The molecule has 2 N–H and O–H groups in total. The standard InChI is InChI=1S/C26H21N5O2/c1-16(32)18-9-6-10-20(13-18)24-23-25(27-15-28-26(23)31-30-24)29-21-14-19(11-12-22(21)33-2)17-7-4-3-5-8-17/h3-15H,1-2H3,(H2,27,28,29,30,31). The molecule has 0 bridgehead atoms. The number of fused-ring (bicyclic) bond motifs is 1. The number of nitrogens with one attached hydrogen (secondary N) is 2. The van der Waals surface area contributed by atoms with Gasteiger partial charge in [0.25, 0.3) is 0 Å². The number of carbonyl (C=O) groups excluding carboxylic acids is 1. The zero-order chi connectivity index (χ0) is 22.8. The molecule has 0 fully saturated rings. The van der Waals surface area contributed by atoms with Crippen molar-refractivity contribution in [1.29, 1.82) is 0 Å². The highest BCUT2D eigenvalue weighted by molar-refractivity contribution is 6.01. The molecule has 7 nitrogen and oxygen atoms in total. The maximum Gasteiger partial charge on any atom is 0.161 e. The first kappa shape index (κ1) is 20.4. The van der Waals surface area contributed by atoms with Crippen molar-refractivity contribution in [1.82, 2.24) is 20.2 Å². The Labute approximate surface area is 190 Å². The third-order valence-electron chi connectivity index (χ3n) is 5.46. The normalized spacial score (nSPS) is 10.8. The van der Waals surface area contributed by atoms with E-state index in [0.717, 1.165) is 27.8 Å². The van der Waals surface area contributed by atoms with Gasteiger partial charge in [0.1, 0.15) is 23.6 Å². The quantitative estimate of drug-likeness (QED) is 0.335. The Morgan fingerprint density at radius 3 is 2.52 bits per heavy atom. The predicted molar refractivity (Wildman–Crippen MR) is 129 cm³/mol. The third-order valence-corrected chi connectivity index (χ3v) is 5.46. The summed E-state index contributed by atoms with van der Waals surface area (Å²) >= 11 is 0. The Balaban J connectivity index is 1.61. The summed E-state index contributed by atoms with van der Waals surface area (Å²) in [6.45, 7) is 1.55. The largest absolute Gasteiger partial charge is 0.495 e. The molecule has 0 spiro atoms. The first-order chi connectivity index (χ1) is 16.1. The molecule has 0 aliphatic carbocycles. The van der Waals surface area contributed by atoms with Crippen LogP contribution in [0.15, 0.2) is 79.1 Å². The summed E-state index contributed by atoms with van der Waals surface area (Å²) in [4.78, 5) is 20.7. The minimum atomic E-state index is -0.00578. The van der Waals surface area contributed by atoms with Gasteiger partial charge in [-0.25, -0.2) is 9.97 Å². The van der Waals surface area contributed by atoms with Crippen LogP contribution in [0.5, 0.6) is 5.75 Å². The number of H-pyrrole nitrogens is 1. The van der Waals surface area contributed by atoms with Crippen molar-refractivity contribution in [3.8, 4) is 28.1 Å².